The average molecular weight is 375 g/mol. The molecule has 1 aromatic carbocycles. The van der Waals surface area contributed by atoms with E-state index in [0.717, 1.165) is 0 Å². The van der Waals surface area contributed by atoms with E-state index in [0.29, 0.717) is 15.1 Å². The van der Waals surface area contributed by atoms with E-state index in [4.69, 9.17) is 16.3 Å². The summed E-state index contributed by atoms with van der Waals surface area (Å²) in [6.07, 6.45) is -4.43. The van der Waals surface area contributed by atoms with Crippen molar-refractivity contribution in [1.82, 2.24) is 5.32 Å². The van der Waals surface area contributed by atoms with E-state index in [2.05, 4.69) is 21.2 Å². The van der Waals surface area contributed by atoms with Gasteiger partial charge in [-0.2, -0.15) is 13.2 Å². The number of benzene rings is 1. The predicted molar refractivity (Wildman–Crippen MR) is 72.6 cm³/mol. The molecule has 1 N–H and O–H groups in total. The van der Waals surface area contributed by atoms with Gasteiger partial charge in [-0.05, 0) is 30.7 Å². The third-order valence-corrected chi connectivity index (χ3v) is 3.26. The first-order valence-corrected chi connectivity index (χ1v) is 6.83. The van der Waals surface area contributed by atoms with E-state index in [1.54, 1.807) is 19.1 Å². The summed E-state index contributed by atoms with van der Waals surface area (Å²) in [4.78, 5) is 11.8. The summed E-state index contributed by atoms with van der Waals surface area (Å²) >= 11 is 8.99. The third-order valence-electron chi connectivity index (χ3n) is 2.30. The zero-order valence-electron chi connectivity index (χ0n) is 10.4. The van der Waals surface area contributed by atoms with E-state index in [1.807, 2.05) is 0 Å². The number of hydrogen-bond donors (Lipinski definition) is 1. The second-order valence-electron chi connectivity index (χ2n) is 3.85. The van der Waals surface area contributed by atoms with E-state index >= 15 is 0 Å². The molecule has 0 heterocycles. The lowest BCUT2D eigenvalue weighted by Gasteiger charge is -2.20. The van der Waals surface area contributed by atoms with Crippen molar-refractivity contribution >= 4 is 33.5 Å². The fourth-order valence-electron chi connectivity index (χ4n) is 1.50. The topological polar surface area (TPSA) is 38.3 Å². The van der Waals surface area contributed by atoms with Crippen molar-refractivity contribution in [3.05, 3.63) is 33.3 Å². The van der Waals surface area contributed by atoms with E-state index in [-0.39, 0.29) is 6.61 Å². The van der Waals surface area contributed by atoms with Crippen LogP contribution in [-0.4, -0.2) is 25.3 Å². The Hall–Kier alpha value is -0.790. The maximum atomic E-state index is 12.3. The van der Waals surface area contributed by atoms with Gasteiger partial charge in [-0.25, -0.2) is 4.79 Å². The molecule has 20 heavy (non-hydrogen) atoms. The van der Waals surface area contributed by atoms with Gasteiger partial charge in [-0.3, -0.25) is 5.32 Å². The van der Waals surface area contributed by atoms with Crippen LogP contribution in [-0.2, 0) is 9.53 Å². The maximum Gasteiger partial charge on any atom is 0.401 e. The molecule has 0 saturated heterocycles. The third kappa shape index (κ3) is 5.30. The zero-order chi connectivity index (χ0) is 15.3. The largest absolute Gasteiger partial charge is 0.465 e. The number of ether oxygens (including phenoxy) is 1. The van der Waals surface area contributed by atoms with Crippen LogP contribution in [0, 0.1) is 0 Å². The monoisotopic (exact) mass is 373 g/mol. The Labute approximate surface area is 127 Å². The summed E-state index contributed by atoms with van der Waals surface area (Å²) in [6, 6.07) is 3.28. The van der Waals surface area contributed by atoms with Gasteiger partial charge in [0.15, 0.2) is 0 Å². The van der Waals surface area contributed by atoms with Gasteiger partial charge in [0.2, 0.25) is 0 Å². The lowest BCUT2D eigenvalue weighted by molar-refractivity contribution is -0.149. The standard InChI is InChI=1S/C12H12BrClF3NO2/c1-2-20-11(19)10(18-6-12(15,16)17)8-5-7(14)3-4-9(8)13/h3-5,10,18H,2,6H2,1H3. The Balaban J connectivity index is 3.03. The van der Waals surface area contributed by atoms with Crippen LogP contribution in [0.25, 0.3) is 0 Å². The van der Waals surface area contributed by atoms with Gasteiger partial charge in [-0.1, -0.05) is 27.5 Å². The summed E-state index contributed by atoms with van der Waals surface area (Å²) in [6.45, 7) is 0.336. The normalized spacial score (nSPS) is 13.1. The Bertz CT molecular complexity index is 482. The highest BCUT2D eigenvalue weighted by molar-refractivity contribution is 9.10. The van der Waals surface area contributed by atoms with Crippen molar-refractivity contribution in [2.45, 2.75) is 19.1 Å². The van der Waals surface area contributed by atoms with Crippen molar-refractivity contribution < 1.29 is 22.7 Å². The Kier molecular flexibility index (Phi) is 6.29. The minimum Gasteiger partial charge on any atom is -0.465 e. The summed E-state index contributed by atoms with van der Waals surface area (Å²) in [5, 5.41) is 2.45. The molecule has 0 aromatic heterocycles. The number of rotatable bonds is 5. The molecule has 0 bridgehead atoms. The molecule has 112 valence electrons. The fraction of sp³-hybridized carbons (Fsp3) is 0.417. The van der Waals surface area contributed by atoms with E-state index in [9.17, 15) is 18.0 Å². The van der Waals surface area contributed by atoms with Crippen LogP contribution < -0.4 is 5.32 Å². The molecular formula is C12H12BrClF3NO2. The summed E-state index contributed by atoms with van der Waals surface area (Å²) in [5.41, 5.74) is 0.292. The van der Waals surface area contributed by atoms with Gasteiger partial charge >= 0.3 is 12.1 Å². The fourth-order valence-corrected chi connectivity index (χ4v) is 2.16. The second-order valence-corrected chi connectivity index (χ2v) is 5.14. The molecule has 1 rings (SSSR count). The van der Waals surface area contributed by atoms with Gasteiger partial charge in [-0.15, -0.1) is 0 Å². The number of alkyl halides is 3. The molecule has 0 amide bonds. The minimum atomic E-state index is -4.43. The van der Waals surface area contributed by atoms with Crippen LogP contribution in [0.2, 0.25) is 5.02 Å². The molecule has 0 saturated carbocycles. The number of carbonyl (C=O) groups is 1. The van der Waals surface area contributed by atoms with Crippen molar-refractivity contribution in [3.8, 4) is 0 Å². The number of esters is 1. The van der Waals surface area contributed by atoms with Crippen LogP contribution in [0.3, 0.4) is 0 Å². The first-order chi connectivity index (χ1) is 9.24. The van der Waals surface area contributed by atoms with Gasteiger partial charge in [0.25, 0.3) is 0 Å². The average Bonchev–Trinajstić information content (AvgIpc) is 2.32. The Morgan fingerprint density at radius 3 is 2.70 bits per heavy atom. The first kappa shape index (κ1) is 17.3. The van der Waals surface area contributed by atoms with Crippen LogP contribution in [0.5, 0.6) is 0 Å². The number of nitrogens with one attached hydrogen (secondary N) is 1. The van der Waals surface area contributed by atoms with Crippen LogP contribution >= 0.6 is 27.5 Å². The molecule has 0 radical (unpaired) electrons. The van der Waals surface area contributed by atoms with Crippen molar-refractivity contribution in [3.63, 3.8) is 0 Å². The molecule has 1 aromatic rings. The van der Waals surface area contributed by atoms with E-state index < -0.39 is 24.7 Å². The number of carbonyl (C=O) groups excluding carboxylic acids is 1. The van der Waals surface area contributed by atoms with Crippen LogP contribution in [0.1, 0.15) is 18.5 Å². The molecule has 8 heteroatoms. The lowest BCUT2D eigenvalue weighted by atomic mass is 10.1. The minimum absolute atomic E-state index is 0.0707. The number of halogens is 5. The van der Waals surface area contributed by atoms with Crippen LogP contribution in [0.15, 0.2) is 22.7 Å². The maximum absolute atomic E-state index is 12.3. The van der Waals surface area contributed by atoms with E-state index in [1.165, 1.54) is 6.07 Å². The molecule has 0 spiro atoms. The molecule has 0 aliphatic carbocycles. The molecule has 0 aliphatic rings. The van der Waals surface area contributed by atoms with Gasteiger partial charge in [0.05, 0.1) is 13.2 Å². The highest BCUT2D eigenvalue weighted by Crippen LogP contribution is 2.28. The summed E-state index contributed by atoms with van der Waals surface area (Å²) in [5.74, 6) is -0.792. The molecule has 0 aliphatic heterocycles. The van der Waals surface area contributed by atoms with Gasteiger partial charge in [0, 0.05) is 9.50 Å². The highest BCUT2D eigenvalue weighted by atomic mass is 79.9. The Morgan fingerprint density at radius 1 is 1.50 bits per heavy atom. The molecule has 0 fully saturated rings. The van der Waals surface area contributed by atoms with Crippen molar-refractivity contribution in [2.75, 3.05) is 13.2 Å². The van der Waals surface area contributed by atoms with Crippen LogP contribution in [0.4, 0.5) is 13.2 Å². The smallest absolute Gasteiger partial charge is 0.401 e. The van der Waals surface area contributed by atoms with Crippen molar-refractivity contribution in [1.29, 1.82) is 0 Å². The highest BCUT2D eigenvalue weighted by Gasteiger charge is 2.32. The van der Waals surface area contributed by atoms with Gasteiger partial charge < -0.3 is 4.74 Å². The Morgan fingerprint density at radius 2 is 2.15 bits per heavy atom. The summed E-state index contributed by atoms with van der Waals surface area (Å²) < 4.78 is 42.2. The molecule has 1 atom stereocenters. The lowest BCUT2D eigenvalue weighted by Crippen LogP contribution is -2.37. The van der Waals surface area contributed by atoms with Crippen molar-refractivity contribution in [2.24, 2.45) is 0 Å². The second kappa shape index (κ2) is 7.28. The molecule has 3 nitrogen and oxygen atoms in total. The zero-order valence-corrected chi connectivity index (χ0v) is 12.8. The number of hydrogen-bond acceptors (Lipinski definition) is 3. The SMILES string of the molecule is CCOC(=O)C(NCC(F)(F)F)c1cc(Cl)ccc1Br. The predicted octanol–water partition coefficient (Wildman–Crippen LogP) is 3.86. The quantitative estimate of drug-likeness (QED) is 0.796. The molecule has 1 unspecified atom stereocenters. The summed E-state index contributed by atoms with van der Waals surface area (Å²) in [7, 11) is 0. The molecular weight excluding hydrogens is 362 g/mol. The first-order valence-electron chi connectivity index (χ1n) is 5.66. The van der Waals surface area contributed by atoms with Gasteiger partial charge in [0.1, 0.15) is 6.04 Å².